The molecule has 0 saturated carbocycles. The molecule has 1 amide bonds. The molecular weight excluding hydrogens is 414 g/mol. The monoisotopic (exact) mass is 441 g/mol. The summed E-state index contributed by atoms with van der Waals surface area (Å²) < 4.78 is 5.57. The molecule has 0 radical (unpaired) electrons. The summed E-state index contributed by atoms with van der Waals surface area (Å²) in [5.41, 5.74) is 4.39. The highest BCUT2D eigenvalue weighted by atomic mass is 16.5. The highest BCUT2D eigenvalue weighted by Crippen LogP contribution is 2.45. The minimum Gasteiger partial charge on any atom is -0.503 e. The molecule has 1 aliphatic rings. The van der Waals surface area contributed by atoms with Gasteiger partial charge in [-0.05, 0) is 43.5 Å². The predicted octanol–water partition coefficient (Wildman–Crippen LogP) is 5.41. The van der Waals surface area contributed by atoms with Gasteiger partial charge in [-0.25, -0.2) is 0 Å². The third-order valence-corrected chi connectivity index (χ3v) is 6.04. The number of carbonyl (C=O) groups is 2. The van der Waals surface area contributed by atoms with Crippen molar-refractivity contribution in [3.05, 3.63) is 106 Å². The molecule has 1 N–H and O–H groups in total. The Morgan fingerprint density at radius 3 is 2.39 bits per heavy atom. The molecule has 3 aromatic carbocycles. The second kappa shape index (κ2) is 9.33. The molecule has 1 atom stereocenters. The summed E-state index contributed by atoms with van der Waals surface area (Å²) in [7, 11) is 1.55. The number of hydrogen-bond acceptors (Lipinski definition) is 4. The number of aliphatic hydroxyl groups is 1. The van der Waals surface area contributed by atoms with Gasteiger partial charge in [-0.3, -0.25) is 14.5 Å². The van der Waals surface area contributed by atoms with Gasteiger partial charge in [-0.2, -0.15) is 0 Å². The normalized spacial score (nSPS) is 15.8. The minimum absolute atomic E-state index is 0.111. The van der Waals surface area contributed by atoms with Gasteiger partial charge in [0.15, 0.2) is 11.5 Å². The molecule has 0 aliphatic carbocycles. The average Bonchev–Trinajstić information content (AvgIpc) is 3.08. The molecule has 0 fully saturated rings. The molecule has 33 heavy (non-hydrogen) atoms. The Morgan fingerprint density at radius 1 is 1.00 bits per heavy atom. The van der Waals surface area contributed by atoms with E-state index in [0.29, 0.717) is 23.4 Å². The number of methoxy groups -OCH3 is 1. The molecular formula is C28H27NO4. The fourth-order valence-electron chi connectivity index (χ4n) is 4.44. The van der Waals surface area contributed by atoms with Crippen LogP contribution in [0.15, 0.2) is 84.1 Å². The Balaban J connectivity index is 1.79. The van der Waals surface area contributed by atoms with Gasteiger partial charge < -0.3 is 9.84 Å². The van der Waals surface area contributed by atoms with Crippen LogP contribution in [0.1, 0.15) is 34.7 Å². The highest BCUT2D eigenvalue weighted by molar-refractivity contribution is 6.16. The van der Waals surface area contributed by atoms with Crippen LogP contribution in [0.3, 0.4) is 0 Å². The van der Waals surface area contributed by atoms with E-state index in [0.717, 1.165) is 16.7 Å². The summed E-state index contributed by atoms with van der Waals surface area (Å²) in [6, 6.07) is 22.0. The van der Waals surface area contributed by atoms with Crippen molar-refractivity contribution in [2.75, 3.05) is 12.0 Å². The van der Waals surface area contributed by atoms with Crippen molar-refractivity contribution in [1.82, 2.24) is 0 Å². The van der Waals surface area contributed by atoms with E-state index in [1.54, 1.807) is 13.2 Å². The van der Waals surface area contributed by atoms with Crippen molar-refractivity contribution in [3.8, 4) is 5.75 Å². The molecule has 0 spiro atoms. The SMILES string of the molecule is COc1ccccc1C1C(C(=O)CCc2ccccc2)=C(O)C(=O)N1c1ccc(C)cc1C. The second-order valence-corrected chi connectivity index (χ2v) is 8.28. The highest BCUT2D eigenvalue weighted by Gasteiger charge is 2.45. The van der Waals surface area contributed by atoms with Crippen LogP contribution in [0.25, 0.3) is 0 Å². The van der Waals surface area contributed by atoms with E-state index in [1.807, 2.05) is 80.6 Å². The van der Waals surface area contributed by atoms with Crippen molar-refractivity contribution in [2.24, 2.45) is 0 Å². The molecule has 4 rings (SSSR count). The molecule has 1 aliphatic heterocycles. The maximum Gasteiger partial charge on any atom is 0.294 e. The molecule has 3 aromatic rings. The maximum absolute atomic E-state index is 13.4. The van der Waals surface area contributed by atoms with Gasteiger partial charge in [0.25, 0.3) is 5.91 Å². The first-order valence-corrected chi connectivity index (χ1v) is 11.0. The first-order valence-electron chi connectivity index (χ1n) is 11.0. The van der Waals surface area contributed by atoms with Crippen molar-refractivity contribution >= 4 is 17.4 Å². The lowest BCUT2D eigenvalue weighted by Crippen LogP contribution is -2.32. The number of nitrogens with zero attached hydrogens (tertiary/aromatic N) is 1. The fraction of sp³-hybridized carbons (Fsp3) is 0.214. The number of para-hydroxylation sites is 1. The van der Waals surface area contributed by atoms with E-state index in [-0.39, 0.29) is 17.8 Å². The molecule has 1 unspecified atom stereocenters. The van der Waals surface area contributed by atoms with Gasteiger partial charge >= 0.3 is 0 Å². The Morgan fingerprint density at radius 2 is 1.70 bits per heavy atom. The van der Waals surface area contributed by atoms with Crippen LogP contribution in [0, 0.1) is 13.8 Å². The number of anilines is 1. The van der Waals surface area contributed by atoms with Gasteiger partial charge in [-0.1, -0.05) is 66.2 Å². The molecule has 1 heterocycles. The lowest BCUT2D eigenvalue weighted by Gasteiger charge is -2.29. The summed E-state index contributed by atoms with van der Waals surface area (Å²) >= 11 is 0. The molecule has 0 aromatic heterocycles. The third-order valence-electron chi connectivity index (χ3n) is 6.04. The number of rotatable bonds is 7. The summed E-state index contributed by atoms with van der Waals surface area (Å²) in [4.78, 5) is 28.3. The Kier molecular flexibility index (Phi) is 6.31. The topological polar surface area (TPSA) is 66.8 Å². The van der Waals surface area contributed by atoms with E-state index < -0.39 is 17.7 Å². The van der Waals surface area contributed by atoms with Gasteiger partial charge in [0.2, 0.25) is 0 Å². The Bertz CT molecular complexity index is 1230. The quantitative estimate of drug-likeness (QED) is 0.532. The second-order valence-electron chi connectivity index (χ2n) is 8.28. The van der Waals surface area contributed by atoms with E-state index in [2.05, 4.69) is 0 Å². The summed E-state index contributed by atoms with van der Waals surface area (Å²) in [6.07, 6.45) is 0.704. The van der Waals surface area contributed by atoms with Crippen LogP contribution < -0.4 is 9.64 Å². The number of hydrogen-bond donors (Lipinski definition) is 1. The third kappa shape index (κ3) is 4.27. The molecule has 5 heteroatoms. The lowest BCUT2D eigenvalue weighted by atomic mass is 9.92. The van der Waals surface area contributed by atoms with Crippen LogP contribution >= 0.6 is 0 Å². The van der Waals surface area contributed by atoms with Gasteiger partial charge in [0, 0.05) is 17.7 Å². The summed E-state index contributed by atoms with van der Waals surface area (Å²) in [5, 5.41) is 10.9. The van der Waals surface area contributed by atoms with Gasteiger partial charge in [0.1, 0.15) is 5.75 Å². The number of amides is 1. The number of aliphatic hydroxyl groups excluding tert-OH is 1. The van der Waals surface area contributed by atoms with Crippen molar-refractivity contribution < 1.29 is 19.4 Å². The Hall–Kier alpha value is -3.86. The Labute approximate surface area is 193 Å². The van der Waals surface area contributed by atoms with Crippen LogP contribution in [-0.4, -0.2) is 23.9 Å². The number of ether oxygens (including phenoxy) is 1. The standard InChI is InChI=1S/C28H27NO4/c1-18-13-15-22(19(2)17-18)29-26(21-11-7-8-12-24(21)33-3)25(27(31)28(29)32)23(30)16-14-20-9-5-4-6-10-20/h4-13,15,17,26,31H,14,16H2,1-3H3. The zero-order chi connectivity index (χ0) is 23.5. The average molecular weight is 442 g/mol. The largest absolute Gasteiger partial charge is 0.503 e. The van der Waals surface area contributed by atoms with E-state index in [1.165, 1.54) is 4.90 Å². The predicted molar refractivity (Wildman–Crippen MR) is 129 cm³/mol. The molecule has 5 nitrogen and oxygen atoms in total. The minimum atomic E-state index is -0.779. The maximum atomic E-state index is 13.4. The molecule has 0 bridgehead atoms. The van der Waals surface area contributed by atoms with Crippen LogP contribution in [-0.2, 0) is 16.0 Å². The van der Waals surface area contributed by atoms with Gasteiger partial charge in [-0.15, -0.1) is 0 Å². The van der Waals surface area contributed by atoms with Crippen molar-refractivity contribution in [2.45, 2.75) is 32.7 Å². The number of carbonyl (C=O) groups excluding carboxylic acids is 2. The molecule has 0 saturated heterocycles. The smallest absolute Gasteiger partial charge is 0.294 e. The summed E-state index contributed by atoms with van der Waals surface area (Å²) in [6.45, 7) is 3.90. The van der Waals surface area contributed by atoms with E-state index in [9.17, 15) is 14.7 Å². The number of benzene rings is 3. The zero-order valence-electron chi connectivity index (χ0n) is 19.0. The van der Waals surface area contributed by atoms with Crippen LogP contribution in [0.4, 0.5) is 5.69 Å². The first-order chi connectivity index (χ1) is 15.9. The van der Waals surface area contributed by atoms with Crippen molar-refractivity contribution in [1.29, 1.82) is 0 Å². The van der Waals surface area contributed by atoms with Crippen LogP contribution in [0.2, 0.25) is 0 Å². The van der Waals surface area contributed by atoms with Crippen LogP contribution in [0.5, 0.6) is 5.75 Å². The zero-order valence-corrected chi connectivity index (χ0v) is 19.0. The lowest BCUT2D eigenvalue weighted by molar-refractivity contribution is -0.118. The van der Waals surface area contributed by atoms with E-state index >= 15 is 0 Å². The van der Waals surface area contributed by atoms with Gasteiger partial charge in [0.05, 0.1) is 18.7 Å². The molecule has 168 valence electrons. The number of ketones is 1. The van der Waals surface area contributed by atoms with E-state index in [4.69, 9.17) is 4.74 Å². The first kappa shape index (κ1) is 22.3. The number of aryl methyl sites for hydroxylation is 3. The number of Topliss-reactive ketones (excluding diaryl/α,β-unsaturated/α-hetero) is 1. The fourth-order valence-corrected chi connectivity index (χ4v) is 4.44. The summed E-state index contributed by atoms with van der Waals surface area (Å²) in [5.74, 6) is -0.786. The van der Waals surface area contributed by atoms with Crippen molar-refractivity contribution in [3.63, 3.8) is 0 Å².